The highest BCUT2D eigenvalue weighted by Gasteiger charge is 2.24. The molecule has 0 bridgehead atoms. The molecule has 0 aromatic carbocycles. The molecule has 0 amide bonds. The molecule has 1 aliphatic carbocycles. The molecule has 0 saturated heterocycles. The van der Waals surface area contributed by atoms with Gasteiger partial charge in [0.25, 0.3) is 0 Å². The molecule has 1 nitrogen and oxygen atoms in total. The van der Waals surface area contributed by atoms with Crippen LogP contribution in [0.25, 0.3) is 0 Å². The van der Waals surface area contributed by atoms with Gasteiger partial charge in [-0.3, -0.25) is 4.79 Å². The number of rotatable bonds is 3. The van der Waals surface area contributed by atoms with Crippen molar-refractivity contribution in [1.29, 1.82) is 0 Å². The Morgan fingerprint density at radius 3 is 3.07 bits per heavy atom. The summed E-state index contributed by atoms with van der Waals surface area (Å²) in [5.74, 6) is 1.55. The molecule has 1 fully saturated rings. The van der Waals surface area contributed by atoms with Gasteiger partial charge >= 0.3 is 0 Å². The average Bonchev–Trinajstić information content (AvgIpc) is 2.70. The topological polar surface area (TPSA) is 17.1 Å². The smallest absolute Gasteiger partial charge is 0.140 e. The molecule has 15 heavy (non-hydrogen) atoms. The van der Waals surface area contributed by atoms with Crippen LogP contribution in [-0.4, -0.2) is 5.78 Å². The van der Waals surface area contributed by atoms with Gasteiger partial charge in [-0.25, -0.2) is 0 Å². The van der Waals surface area contributed by atoms with Crippen molar-refractivity contribution in [2.24, 2.45) is 11.8 Å². The summed E-state index contributed by atoms with van der Waals surface area (Å²) in [5.41, 5.74) is 1.20. The van der Waals surface area contributed by atoms with Crippen LogP contribution in [0.15, 0.2) is 16.8 Å². The number of Topliss-reactive ketones (excluding diaryl/α,β-unsaturated/α-hetero) is 1. The lowest BCUT2D eigenvalue weighted by atomic mass is 9.79. The molecule has 1 aliphatic rings. The summed E-state index contributed by atoms with van der Waals surface area (Å²) in [4.78, 5) is 12.0. The van der Waals surface area contributed by atoms with E-state index in [0.29, 0.717) is 18.1 Å². The molecule has 0 radical (unpaired) electrons. The van der Waals surface area contributed by atoms with E-state index in [1.54, 1.807) is 11.3 Å². The lowest BCUT2D eigenvalue weighted by Crippen LogP contribution is -2.23. The van der Waals surface area contributed by atoms with Crippen LogP contribution in [0.1, 0.15) is 38.2 Å². The zero-order valence-corrected chi connectivity index (χ0v) is 10.1. The second-order valence-corrected chi connectivity index (χ2v) is 5.52. The minimum atomic E-state index is 0.341. The van der Waals surface area contributed by atoms with Crippen molar-refractivity contribution in [2.45, 2.75) is 39.0 Å². The van der Waals surface area contributed by atoms with Crippen molar-refractivity contribution in [3.8, 4) is 0 Å². The average molecular weight is 222 g/mol. The standard InChI is InChI=1S/C13H18OS/c1-10-3-2-4-12(7-10)13(14)8-11-5-6-15-9-11/h5-6,9-10,12H,2-4,7-8H2,1H3. The van der Waals surface area contributed by atoms with Crippen LogP contribution < -0.4 is 0 Å². The predicted molar refractivity (Wildman–Crippen MR) is 64.2 cm³/mol. The van der Waals surface area contributed by atoms with Crippen LogP contribution in [0.5, 0.6) is 0 Å². The minimum absolute atomic E-state index is 0.341. The fourth-order valence-corrected chi connectivity index (χ4v) is 3.13. The highest BCUT2D eigenvalue weighted by atomic mass is 32.1. The molecule has 0 N–H and O–H groups in total. The molecule has 1 saturated carbocycles. The monoisotopic (exact) mass is 222 g/mol. The summed E-state index contributed by atoms with van der Waals surface area (Å²) >= 11 is 1.68. The molecule has 2 rings (SSSR count). The van der Waals surface area contributed by atoms with Crippen molar-refractivity contribution < 1.29 is 4.79 Å². The van der Waals surface area contributed by atoms with E-state index in [1.807, 2.05) is 5.38 Å². The van der Waals surface area contributed by atoms with E-state index in [4.69, 9.17) is 0 Å². The lowest BCUT2D eigenvalue weighted by molar-refractivity contribution is -0.123. The Bertz CT molecular complexity index is 315. The first kappa shape index (κ1) is 10.9. The van der Waals surface area contributed by atoms with Crippen molar-refractivity contribution in [3.63, 3.8) is 0 Å². The van der Waals surface area contributed by atoms with Gasteiger partial charge in [0, 0.05) is 12.3 Å². The molecule has 1 aromatic heterocycles. The Morgan fingerprint density at radius 1 is 1.53 bits per heavy atom. The maximum atomic E-state index is 12.0. The second-order valence-electron chi connectivity index (χ2n) is 4.74. The van der Waals surface area contributed by atoms with E-state index < -0.39 is 0 Å². The second kappa shape index (κ2) is 4.93. The molecule has 0 aliphatic heterocycles. The lowest BCUT2D eigenvalue weighted by Gasteiger charge is -2.25. The molecule has 82 valence electrons. The molecule has 2 unspecified atom stereocenters. The zero-order valence-electron chi connectivity index (χ0n) is 9.24. The van der Waals surface area contributed by atoms with Crippen LogP contribution in [-0.2, 0) is 11.2 Å². The molecule has 0 spiro atoms. The van der Waals surface area contributed by atoms with E-state index in [0.717, 1.165) is 18.8 Å². The van der Waals surface area contributed by atoms with Gasteiger partial charge < -0.3 is 0 Å². The number of ketones is 1. The van der Waals surface area contributed by atoms with Crippen molar-refractivity contribution in [3.05, 3.63) is 22.4 Å². The summed E-state index contributed by atoms with van der Waals surface area (Å²) in [5, 5.41) is 4.14. The Labute approximate surface area is 95.5 Å². The SMILES string of the molecule is CC1CCCC(C(=O)Cc2ccsc2)C1. The molecule has 1 heterocycles. The van der Waals surface area contributed by atoms with Crippen LogP contribution in [0.3, 0.4) is 0 Å². The van der Waals surface area contributed by atoms with Gasteiger partial charge in [-0.2, -0.15) is 11.3 Å². The summed E-state index contributed by atoms with van der Waals surface area (Å²) in [7, 11) is 0. The Hall–Kier alpha value is -0.630. The highest BCUT2D eigenvalue weighted by molar-refractivity contribution is 7.07. The van der Waals surface area contributed by atoms with Gasteiger partial charge in [0.2, 0.25) is 0 Å². The number of hydrogen-bond acceptors (Lipinski definition) is 2. The summed E-state index contributed by atoms with van der Waals surface area (Å²) in [6, 6.07) is 2.06. The first-order valence-corrected chi connectivity index (χ1v) is 6.74. The van der Waals surface area contributed by atoms with Crippen molar-refractivity contribution in [1.82, 2.24) is 0 Å². The molecular formula is C13H18OS. The Balaban J connectivity index is 1.90. The maximum absolute atomic E-state index is 12.0. The number of thiophene rings is 1. The number of carbonyl (C=O) groups excluding carboxylic acids is 1. The van der Waals surface area contributed by atoms with Crippen LogP contribution in [0.2, 0.25) is 0 Å². The van der Waals surface area contributed by atoms with Gasteiger partial charge in [0.1, 0.15) is 5.78 Å². The maximum Gasteiger partial charge on any atom is 0.140 e. The molecule has 2 atom stereocenters. The third kappa shape index (κ3) is 2.91. The van der Waals surface area contributed by atoms with Crippen LogP contribution >= 0.6 is 11.3 Å². The summed E-state index contributed by atoms with van der Waals surface area (Å²) < 4.78 is 0. The quantitative estimate of drug-likeness (QED) is 0.762. The van der Waals surface area contributed by atoms with E-state index in [9.17, 15) is 4.79 Å². The van der Waals surface area contributed by atoms with Crippen molar-refractivity contribution >= 4 is 17.1 Å². The first-order valence-electron chi connectivity index (χ1n) is 5.79. The fourth-order valence-electron chi connectivity index (χ4n) is 2.47. The van der Waals surface area contributed by atoms with Crippen LogP contribution in [0.4, 0.5) is 0 Å². The van der Waals surface area contributed by atoms with Crippen molar-refractivity contribution in [2.75, 3.05) is 0 Å². The third-order valence-corrected chi connectivity index (χ3v) is 4.08. The number of carbonyl (C=O) groups is 1. The third-order valence-electron chi connectivity index (χ3n) is 3.35. The van der Waals surface area contributed by atoms with E-state index in [2.05, 4.69) is 18.4 Å². The Morgan fingerprint density at radius 2 is 2.40 bits per heavy atom. The molecule has 2 heteroatoms. The fraction of sp³-hybridized carbons (Fsp3) is 0.615. The highest BCUT2D eigenvalue weighted by Crippen LogP contribution is 2.29. The minimum Gasteiger partial charge on any atom is -0.299 e. The van der Waals surface area contributed by atoms with E-state index in [-0.39, 0.29) is 0 Å². The van der Waals surface area contributed by atoms with E-state index in [1.165, 1.54) is 18.4 Å². The summed E-state index contributed by atoms with van der Waals surface area (Å²) in [6.45, 7) is 2.27. The number of hydrogen-bond donors (Lipinski definition) is 0. The largest absolute Gasteiger partial charge is 0.299 e. The predicted octanol–water partition coefficient (Wildman–Crippen LogP) is 3.69. The van der Waals surface area contributed by atoms with E-state index >= 15 is 0 Å². The van der Waals surface area contributed by atoms with Crippen LogP contribution in [0, 0.1) is 11.8 Å². The first-order chi connectivity index (χ1) is 7.25. The molecule has 1 aromatic rings. The molecular weight excluding hydrogens is 204 g/mol. The van der Waals surface area contributed by atoms with Gasteiger partial charge in [-0.15, -0.1) is 0 Å². The van der Waals surface area contributed by atoms with Gasteiger partial charge in [0.05, 0.1) is 0 Å². The van der Waals surface area contributed by atoms with Gasteiger partial charge in [-0.05, 0) is 41.1 Å². The summed E-state index contributed by atoms with van der Waals surface area (Å²) in [6.07, 6.45) is 5.43. The Kier molecular flexibility index (Phi) is 3.57. The van der Waals surface area contributed by atoms with Gasteiger partial charge in [-0.1, -0.05) is 19.8 Å². The van der Waals surface area contributed by atoms with Gasteiger partial charge in [0.15, 0.2) is 0 Å². The zero-order chi connectivity index (χ0) is 10.7. The normalized spacial score (nSPS) is 26.5.